The van der Waals surface area contributed by atoms with Crippen molar-refractivity contribution in [1.29, 1.82) is 0 Å². The molecule has 4 rings (SSSR count). The number of hydrogen-bond acceptors (Lipinski definition) is 7. The van der Waals surface area contributed by atoms with E-state index in [0.717, 1.165) is 39.3 Å². The van der Waals surface area contributed by atoms with E-state index in [-0.39, 0.29) is 35.1 Å². The Balaban J connectivity index is 0.00000210. The molecule has 1 aromatic rings. The Labute approximate surface area is 186 Å². The molecule has 1 aromatic carbocycles. The molecule has 0 spiro atoms. The summed E-state index contributed by atoms with van der Waals surface area (Å²) in [6.07, 6.45) is 0. The summed E-state index contributed by atoms with van der Waals surface area (Å²) in [5.41, 5.74) is 2.56. The van der Waals surface area contributed by atoms with Crippen LogP contribution in [0.3, 0.4) is 0 Å². The van der Waals surface area contributed by atoms with Gasteiger partial charge in [0.25, 0.3) is 0 Å². The lowest BCUT2D eigenvalue weighted by atomic mass is 10.2. The first-order chi connectivity index (χ1) is 12.6. The summed E-state index contributed by atoms with van der Waals surface area (Å²) < 4.78 is 0.617. The SMILES string of the molecule is Cc1ccc(N2CCN(CC3SC(=S)N(C4=NCCN4)C3=O)CC2)cc1.I. The zero-order chi connectivity index (χ0) is 18.1. The van der Waals surface area contributed by atoms with Gasteiger partial charge in [-0.15, -0.1) is 24.0 Å². The van der Waals surface area contributed by atoms with E-state index in [9.17, 15) is 4.79 Å². The summed E-state index contributed by atoms with van der Waals surface area (Å²) >= 11 is 6.91. The summed E-state index contributed by atoms with van der Waals surface area (Å²) in [4.78, 5) is 23.5. The van der Waals surface area contributed by atoms with Crippen molar-refractivity contribution in [1.82, 2.24) is 15.1 Å². The van der Waals surface area contributed by atoms with E-state index in [0.29, 0.717) is 16.8 Å². The van der Waals surface area contributed by atoms with Crippen molar-refractivity contribution in [3.63, 3.8) is 0 Å². The van der Waals surface area contributed by atoms with Crippen molar-refractivity contribution in [2.24, 2.45) is 4.99 Å². The van der Waals surface area contributed by atoms with Gasteiger partial charge in [0.15, 0.2) is 4.32 Å². The summed E-state index contributed by atoms with van der Waals surface area (Å²) in [6, 6.07) is 8.69. The number of halogens is 1. The fourth-order valence-corrected chi connectivity index (χ4v) is 5.02. The molecular formula is C18H24IN5OS2. The second kappa shape index (κ2) is 9.06. The first-order valence-corrected chi connectivity index (χ1v) is 10.3. The number of nitrogens with zero attached hydrogens (tertiary/aromatic N) is 4. The number of carbonyl (C=O) groups excluding carboxylic acids is 1. The van der Waals surface area contributed by atoms with Gasteiger partial charge >= 0.3 is 0 Å². The molecule has 0 aromatic heterocycles. The average molecular weight is 517 g/mol. The predicted molar refractivity (Wildman–Crippen MR) is 126 cm³/mol. The molecule has 3 heterocycles. The quantitative estimate of drug-likeness (QED) is 0.489. The molecule has 2 fully saturated rings. The number of benzene rings is 1. The number of thioether (sulfide) groups is 1. The lowest BCUT2D eigenvalue weighted by Gasteiger charge is -2.36. The van der Waals surface area contributed by atoms with E-state index < -0.39 is 0 Å². The second-order valence-corrected chi connectivity index (χ2v) is 8.64. The number of aliphatic imine (C=N–C) groups is 1. The van der Waals surface area contributed by atoms with Crippen molar-refractivity contribution in [3.8, 4) is 0 Å². The minimum absolute atomic E-state index is 0. The molecule has 6 nitrogen and oxygen atoms in total. The van der Waals surface area contributed by atoms with Crippen molar-refractivity contribution >= 4 is 69.8 Å². The normalized spacial score (nSPS) is 23.3. The molecule has 9 heteroatoms. The maximum absolute atomic E-state index is 12.8. The zero-order valence-electron chi connectivity index (χ0n) is 15.3. The van der Waals surface area contributed by atoms with Crippen molar-refractivity contribution in [2.45, 2.75) is 12.2 Å². The number of hydrogen-bond donors (Lipinski definition) is 1. The van der Waals surface area contributed by atoms with E-state index >= 15 is 0 Å². The highest BCUT2D eigenvalue weighted by Gasteiger charge is 2.41. The van der Waals surface area contributed by atoms with Gasteiger partial charge in [-0.2, -0.15) is 0 Å². The molecule has 0 aliphatic carbocycles. The molecule has 1 amide bonds. The van der Waals surface area contributed by atoms with Gasteiger partial charge in [0.05, 0.1) is 6.54 Å². The highest BCUT2D eigenvalue weighted by molar-refractivity contribution is 14.0. The van der Waals surface area contributed by atoms with Gasteiger partial charge in [0.1, 0.15) is 5.25 Å². The van der Waals surface area contributed by atoms with Crippen LogP contribution >= 0.6 is 48.0 Å². The van der Waals surface area contributed by atoms with E-state index in [1.54, 1.807) is 4.90 Å². The summed E-state index contributed by atoms with van der Waals surface area (Å²) in [5.74, 6) is 0.688. The number of rotatable bonds is 3. The molecule has 2 saturated heterocycles. The number of amides is 1. The van der Waals surface area contributed by atoms with Crippen LogP contribution < -0.4 is 10.2 Å². The second-order valence-electron chi connectivity index (χ2n) is 6.80. The number of carbonyl (C=O) groups is 1. The fourth-order valence-electron chi connectivity index (χ4n) is 3.48. The van der Waals surface area contributed by atoms with Gasteiger partial charge < -0.3 is 10.2 Å². The highest BCUT2D eigenvalue weighted by atomic mass is 127. The van der Waals surface area contributed by atoms with E-state index in [1.165, 1.54) is 23.0 Å². The number of anilines is 1. The summed E-state index contributed by atoms with van der Waals surface area (Å²) in [6.45, 7) is 8.23. The summed E-state index contributed by atoms with van der Waals surface area (Å²) in [7, 11) is 0. The van der Waals surface area contributed by atoms with Crippen LogP contribution in [0.2, 0.25) is 0 Å². The standard InChI is InChI=1S/C18H23N5OS2.HI/c1-13-2-4-14(5-3-13)22-10-8-21(9-11-22)12-15-16(24)23(18(25)26-15)17-19-6-7-20-17;/h2-5,15H,6-12H2,1H3,(H,19,20);1H. The topological polar surface area (TPSA) is 51.2 Å². The van der Waals surface area contributed by atoms with Gasteiger partial charge in [-0.3, -0.25) is 14.7 Å². The van der Waals surface area contributed by atoms with Gasteiger partial charge in [-0.05, 0) is 19.1 Å². The Morgan fingerprint density at radius 3 is 2.56 bits per heavy atom. The largest absolute Gasteiger partial charge is 0.369 e. The molecule has 27 heavy (non-hydrogen) atoms. The maximum atomic E-state index is 12.8. The molecule has 146 valence electrons. The van der Waals surface area contributed by atoms with Crippen LogP contribution in [0.1, 0.15) is 5.56 Å². The third-order valence-electron chi connectivity index (χ3n) is 4.99. The average Bonchev–Trinajstić information content (AvgIpc) is 3.25. The molecule has 3 aliphatic heterocycles. The minimum Gasteiger partial charge on any atom is -0.369 e. The lowest BCUT2D eigenvalue weighted by Crippen LogP contribution is -2.50. The van der Waals surface area contributed by atoms with Gasteiger partial charge in [0.2, 0.25) is 11.9 Å². The molecule has 1 N–H and O–H groups in total. The minimum atomic E-state index is -0.126. The Morgan fingerprint density at radius 2 is 1.93 bits per heavy atom. The third-order valence-corrected chi connectivity index (χ3v) is 6.48. The van der Waals surface area contributed by atoms with Crippen LogP contribution in [0.5, 0.6) is 0 Å². The highest BCUT2D eigenvalue weighted by Crippen LogP contribution is 2.29. The van der Waals surface area contributed by atoms with Crippen molar-refractivity contribution in [2.75, 3.05) is 50.7 Å². The molecule has 3 aliphatic rings. The summed E-state index contributed by atoms with van der Waals surface area (Å²) in [5, 5.41) is 3.02. The van der Waals surface area contributed by atoms with Crippen molar-refractivity contribution in [3.05, 3.63) is 29.8 Å². The molecule has 0 radical (unpaired) electrons. The van der Waals surface area contributed by atoms with Crippen molar-refractivity contribution < 1.29 is 4.79 Å². The monoisotopic (exact) mass is 517 g/mol. The number of aryl methyl sites for hydroxylation is 1. The molecule has 0 saturated carbocycles. The van der Waals surface area contributed by atoms with Crippen LogP contribution in [-0.2, 0) is 4.79 Å². The molecule has 0 bridgehead atoms. The van der Waals surface area contributed by atoms with Gasteiger partial charge in [0, 0.05) is 45.0 Å². The van der Waals surface area contributed by atoms with Crippen LogP contribution in [0.25, 0.3) is 0 Å². The smallest absolute Gasteiger partial charge is 0.249 e. The van der Waals surface area contributed by atoms with Crippen LogP contribution in [0.15, 0.2) is 29.3 Å². The van der Waals surface area contributed by atoms with E-state index in [1.807, 2.05) is 0 Å². The molecule has 1 unspecified atom stereocenters. The number of thiocarbonyl (C=S) groups is 1. The Hall–Kier alpha value is -0.910. The Kier molecular flexibility index (Phi) is 6.98. The predicted octanol–water partition coefficient (Wildman–Crippen LogP) is 1.92. The first-order valence-electron chi connectivity index (χ1n) is 8.99. The van der Waals surface area contributed by atoms with E-state index in [4.69, 9.17) is 12.2 Å². The Morgan fingerprint density at radius 1 is 1.22 bits per heavy atom. The lowest BCUT2D eigenvalue weighted by molar-refractivity contribution is -0.123. The number of guanidine groups is 1. The first kappa shape index (κ1) is 20.8. The van der Waals surface area contributed by atoms with Crippen LogP contribution in [-0.4, -0.2) is 77.1 Å². The number of nitrogens with one attached hydrogen (secondary N) is 1. The van der Waals surface area contributed by atoms with Crippen LogP contribution in [0, 0.1) is 6.92 Å². The molecule has 1 atom stereocenters. The maximum Gasteiger partial charge on any atom is 0.249 e. The third kappa shape index (κ3) is 4.57. The fraction of sp³-hybridized carbons (Fsp3) is 0.500. The van der Waals surface area contributed by atoms with Crippen LogP contribution in [0.4, 0.5) is 5.69 Å². The van der Waals surface area contributed by atoms with E-state index in [2.05, 4.69) is 51.3 Å². The zero-order valence-corrected chi connectivity index (χ0v) is 19.2. The molecular weight excluding hydrogens is 493 g/mol. The number of piperazine rings is 1. The Bertz CT molecular complexity index is 734. The van der Waals surface area contributed by atoms with Gasteiger partial charge in [-0.25, -0.2) is 4.90 Å². The van der Waals surface area contributed by atoms with Gasteiger partial charge in [-0.1, -0.05) is 41.7 Å².